The number of carbonyl (C=O) groups is 1. The largest absolute Gasteiger partial charge is 0.323 e. The van der Waals surface area contributed by atoms with E-state index in [9.17, 15) is 4.79 Å². The number of carbonyl (C=O) groups excluding carboxylic acids is 1. The molecule has 0 unspecified atom stereocenters. The summed E-state index contributed by atoms with van der Waals surface area (Å²) in [6, 6.07) is -0.206. The fourth-order valence-electron chi connectivity index (χ4n) is 1.44. The van der Waals surface area contributed by atoms with Crippen LogP contribution in [0.5, 0.6) is 0 Å². The Morgan fingerprint density at radius 1 is 1.42 bits per heavy atom. The van der Waals surface area contributed by atoms with E-state index in [1.54, 1.807) is 25.6 Å². The van der Waals surface area contributed by atoms with Crippen molar-refractivity contribution in [1.82, 2.24) is 19.9 Å². The van der Waals surface area contributed by atoms with Gasteiger partial charge >= 0.3 is 6.03 Å². The molecule has 2 heterocycles. The molecular weight excluding hydrogens is 262 g/mol. The quantitative estimate of drug-likeness (QED) is 0.929. The van der Waals surface area contributed by atoms with Gasteiger partial charge in [-0.15, -0.1) is 11.3 Å². The van der Waals surface area contributed by atoms with Gasteiger partial charge in [0.2, 0.25) is 0 Å². The standard InChI is InChI=1S/C12H15N5OS/c1-3-9-8-19-11(15-9)16-12(18)17(2)7-10-6-13-4-5-14-10/h4-6,8H,3,7H2,1-2H3,(H,15,16,18). The third-order valence-electron chi connectivity index (χ3n) is 2.49. The van der Waals surface area contributed by atoms with Gasteiger partial charge in [-0.3, -0.25) is 15.3 Å². The van der Waals surface area contributed by atoms with Crippen molar-refractivity contribution in [3.8, 4) is 0 Å². The van der Waals surface area contributed by atoms with E-state index >= 15 is 0 Å². The SMILES string of the molecule is CCc1csc(NC(=O)N(C)Cc2cnccn2)n1. The summed E-state index contributed by atoms with van der Waals surface area (Å²) >= 11 is 1.43. The lowest BCUT2D eigenvalue weighted by atomic mass is 10.4. The molecule has 2 aromatic heterocycles. The number of amides is 2. The molecule has 2 rings (SSSR count). The van der Waals surface area contributed by atoms with E-state index in [1.165, 1.54) is 16.2 Å². The zero-order valence-electron chi connectivity index (χ0n) is 10.8. The van der Waals surface area contributed by atoms with Crippen molar-refractivity contribution in [3.05, 3.63) is 35.4 Å². The molecule has 0 aliphatic rings. The van der Waals surface area contributed by atoms with Gasteiger partial charge < -0.3 is 4.90 Å². The molecule has 6 nitrogen and oxygen atoms in total. The van der Waals surface area contributed by atoms with E-state index < -0.39 is 0 Å². The molecule has 19 heavy (non-hydrogen) atoms. The van der Waals surface area contributed by atoms with Crippen molar-refractivity contribution >= 4 is 22.5 Å². The Morgan fingerprint density at radius 3 is 2.89 bits per heavy atom. The van der Waals surface area contributed by atoms with Crippen LogP contribution in [0.25, 0.3) is 0 Å². The highest BCUT2D eigenvalue weighted by Gasteiger charge is 2.11. The maximum absolute atomic E-state index is 11.9. The van der Waals surface area contributed by atoms with Crippen LogP contribution in [0.2, 0.25) is 0 Å². The molecule has 0 bridgehead atoms. The average Bonchev–Trinajstić information content (AvgIpc) is 2.87. The van der Waals surface area contributed by atoms with Crippen molar-refractivity contribution in [2.45, 2.75) is 19.9 Å². The first kappa shape index (κ1) is 13.4. The van der Waals surface area contributed by atoms with Crippen LogP contribution < -0.4 is 5.32 Å². The lowest BCUT2D eigenvalue weighted by molar-refractivity contribution is 0.220. The summed E-state index contributed by atoms with van der Waals surface area (Å²) in [5.74, 6) is 0. The van der Waals surface area contributed by atoms with Gasteiger partial charge in [-0.1, -0.05) is 6.92 Å². The van der Waals surface area contributed by atoms with Crippen LogP contribution in [0.4, 0.5) is 9.93 Å². The third kappa shape index (κ3) is 3.72. The second-order valence-corrected chi connectivity index (χ2v) is 4.84. The smallest absolute Gasteiger partial charge is 0.322 e. The average molecular weight is 277 g/mol. The fourth-order valence-corrected chi connectivity index (χ4v) is 2.22. The monoisotopic (exact) mass is 277 g/mol. The van der Waals surface area contributed by atoms with E-state index in [0.29, 0.717) is 11.7 Å². The molecule has 0 spiro atoms. The van der Waals surface area contributed by atoms with E-state index in [4.69, 9.17) is 0 Å². The Kier molecular flexibility index (Phi) is 4.40. The van der Waals surface area contributed by atoms with Crippen LogP contribution in [0.15, 0.2) is 24.0 Å². The first-order chi connectivity index (χ1) is 9.19. The van der Waals surface area contributed by atoms with Crippen molar-refractivity contribution in [3.63, 3.8) is 0 Å². The molecule has 100 valence electrons. The van der Waals surface area contributed by atoms with Gasteiger partial charge in [0.15, 0.2) is 5.13 Å². The number of rotatable bonds is 4. The number of hydrogen-bond acceptors (Lipinski definition) is 5. The first-order valence-corrected chi connectivity index (χ1v) is 6.78. The minimum atomic E-state index is -0.206. The second-order valence-electron chi connectivity index (χ2n) is 3.98. The molecule has 0 atom stereocenters. The van der Waals surface area contributed by atoms with Crippen LogP contribution >= 0.6 is 11.3 Å². The predicted molar refractivity (Wildman–Crippen MR) is 74.0 cm³/mol. The molecule has 0 fully saturated rings. The normalized spacial score (nSPS) is 10.2. The number of aromatic nitrogens is 3. The Morgan fingerprint density at radius 2 is 2.26 bits per heavy atom. The molecule has 2 amide bonds. The molecule has 0 aliphatic carbocycles. The minimum absolute atomic E-state index is 0.206. The summed E-state index contributed by atoms with van der Waals surface area (Å²) in [6.07, 6.45) is 5.71. The van der Waals surface area contributed by atoms with Gasteiger partial charge in [0, 0.05) is 24.8 Å². The van der Waals surface area contributed by atoms with Crippen LogP contribution in [-0.4, -0.2) is 32.9 Å². The molecular formula is C12H15N5OS. The number of urea groups is 1. The summed E-state index contributed by atoms with van der Waals surface area (Å²) in [5.41, 5.74) is 1.73. The van der Waals surface area contributed by atoms with Gasteiger partial charge in [0.05, 0.1) is 24.1 Å². The van der Waals surface area contributed by atoms with Crippen LogP contribution in [0.3, 0.4) is 0 Å². The first-order valence-electron chi connectivity index (χ1n) is 5.90. The molecule has 0 radical (unpaired) electrons. The zero-order chi connectivity index (χ0) is 13.7. The number of anilines is 1. The Balaban J connectivity index is 1.92. The highest BCUT2D eigenvalue weighted by Crippen LogP contribution is 2.16. The van der Waals surface area contributed by atoms with Gasteiger partial charge in [-0.25, -0.2) is 9.78 Å². The van der Waals surface area contributed by atoms with Gasteiger partial charge in [0.25, 0.3) is 0 Å². The predicted octanol–water partition coefficient (Wildman–Crippen LogP) is 2.16. The molecule has 1 N–H and O–H groups in total. The number of hydrogen-bond donors (Lipinski definition) is 1. The van der Waals surface area contributed by atoms with E-state index in [0.717, 1.165) is 17.8 Å². The molecule has 0 aliphatic heterocycles. The zero-order valence-corrected chi connectivity index (χ0v) is 11.6. The summed E-state index contributed by atoms with van der Waals surface area (Å²) in [4.78, 5) is 25.9. The number of nitrogens with zero attached hydrogens (tertiary/aromatic N) is 4. The van der Waals surface area contributed by atoms with Gasteiger partial charge in [-0.2, -0.15) is 0 Å². The van der Waals surface area contributed by atoms with Gasteiger partial charge in [0.1, 0.15) is 0 Å². The highest BCUT2D eigenvalue weighted by molar-refractivity contribution is 7.13. The van der Waals surface area contributed by atoms with Crippen molar-refractivity contribution in [2.24, 2.45) is 0 Å². The molecule has 2 aromatic rings. The van der Waals surface area contributed by atoms with E-state index in [2.05, 4.69) is 20.3 Å². The Labute approximate surface area is 115 Å². The summed E-state index contributed by atoms with van der Waals surface area (Å²) in [7, 11) is 1.71. The maximum Gasteiger partial charge on any atom is 0.323 e. The van der Waals surface area contributed by atoms with E-state index in [-0.39, 0.29) is 6.03 Å². The van der Waals surface area contributed by atoms with Crippen molar-refractivity contribution < 1.29 is 4.79 Å². The number of thiazole rings is 1. The second kappa shape index (κ2) is 6.24. The van der Waals surface area contributed by atoms with Crippen LogP contribution in [0.1, 0.15) is 18.3 Å². The molecule has 0 aromatic carbocycles. The van der Waals surface area contributed by atoms with Crippen molar-refractivity contribution in [1.29, 1.82) is 0 Å². The third-order valence-corrected chi connectivity index (χ3v) is 3.30. The summed E-state index contributed by atoms with van der Waals surface area (Å²) in [6.45, 7) is 2.44. The Bertz CT molecular complexity index is 542. The van der Waals surface area contributed by atoms with Crippen LogP contribution in [0, 0.1) is 0 Å². The molecule has 0 saturated carbocycles. The minimum Gasteiger partial charge on any atom is -0.322 e. The number of aryl methyl sites for hydroxylation is 1. The van der Waals surface area contributed by atoms with Gasteiger partial charge in [-0.05, 0) is 6.42 Å². The fraction of sp³-hybridized carbons (Fsp3) is 0.333. The summed E-state index contributed by atoms with van der Waals surface area (Å²) < 4.78 is 0. The highest BCUT2D eigenvalue weighted by atomic mass is 32.1. The lowest BCUT2D eigenvalue weighted by Gasteiger charge is -2.16. The van der Waals surface area contributed by atoms with Crippen LogP contribution in [-0.2, 0) is 13.0 Å². The summed E-state index contributed by atoms with van der Waals surface area (Å²) in [5, 5.41) is 5.32. The molecule has 7 heteroatoms. The van der Waals surface area contributed by atoms with Crippen molar-refractivity contribution in [2.75, 3.05) is 12.4 Å². The lowest BCUT2D eigenvalue weighted by Crippen LogP contribution is -2.31. The van der Waals surface area contributed by atoms with E-state index in [1.807, 2.05) is 12.3 Å². The molecule has 0 saturated heterocycles. The topological polar surface area (TPSA) is 71.0 Å². The maximum atomic E-state index is 11.9. The number of nitrogens with one attached hydrogen (secondary N) is 1. The Hall–Kier alpha value is -2.02.